The van der Waals surface area contributed by atoms with Crippen LogP contribution in [0.1, 0.15) is 58.3 Å². The maximum atomic E-state index is 12.0. The van der Waals surface area contributed by atoms with Gasteiger partial charge in [-0.2, -0.15) is 0 Å². The van der Waals surface area contributed by atoms with E-state index in [0.717, 1.165) is 23.7 Å². The molecule has 0 saturated heterocycles. The van der Waals surface area contributed by atoms with Crippen LogP contribution in [0, 0.1) is 5.92 Å². The highest BCUT2D eigenvalue weighted by Crippen LogP contribution is 2.27. The van der Waals surface area contributed by atoms with E-state index in [1.807, 2.05) is 25.1 Å². The Bertz CT molecular complexity index is 508. The molecule has 2 rings (SSSR count). The highest BCUT2D eigenvalue weighted by Gasteiger charge is 2.14. The van der Waals surface area contributed by atoms with Crippen molar-refractivity contribution in [2.24, 2.45) is 5.92 Å². The van der Waals surface area contributed by atoms with Gasteiger partial charge in [-0.05, 0) is 30.5 Å². The molecule has 0 atom stereocenters. The fraction of sp³-hybridized carbons (Fsp3) is 0.556. The van der Waals surface area contributed by atoms with E-state index >= 15 is 0 Å². The van der Waals surface area contributed by atoms with Crippen LogP contribution in [0.2, 0.25) is 0 Å². The summed E-state index contributed by atoms with van der Waals surface area (Å²) in [6.07, 6.45) is 8.51. The zero-order valence-corrected chi connectivity index (χ0v) is 13.4. The van der Waals surface area contributed by atoms with Crippen molar-refractivity contribution in [3.05, 3.63) is 24.3 Å². The van der Waals surface area contributed by atoms with Crippen molar-refractivity contribution in [3.8, 4) is 0 Å². The molecule has 2 amide bonds. The molecule has 4 heteroatoms. The largest absolute Gasteiger partial charge is 0.326 e. The molecule has 0 spiro atoms. The van der Waals surface area contributed by atoms with Crippen LogP contribution in [0.5, 0.6) is 0 Å². The molecular weight excluding hydrogens is 276 g/mol. The Kier molecular flexibility index (Phi) is 6.44. The van der Waals surface area contributed by atoms with Crippen molar-refractivity contribution in [1.29, 1.82) is 0 Å². The maximum absolute atomic E-state index is 12.0. The third-order valence-corrected chi connectivity index (χ3v) is 4.26. The number of hydrogen-bond acceptors (Lipinski definition) is 2. The van der Waals surface area contributed by atoms with Gasteiger partial charge in [-0.1, -0.05) is 45.1 Å². The number of carbonyl (C=O) groups is 2. The average molecular weight is 302 g/mol. The number of anilines is 2. The van der Waals surface area contributed by atoms with E-state index in [0.29, 0.717) is 12.8 Å². The zero-order chi connectivity index (χ0) is 15.8. The monoisotopic (exact) mass is 302 g/mol. The van der Waals surface area contributed by atoms with Crippen molar-refractivity contribution in [1.82, 2.24) is 0 Å². The summed E-state index contributed by atoms with van der Waals surface area (Å²) in [5.74, 6) is 0.750. The molecule has 22 heavy (non-hydrogen) atoms. The van der Waals surface area contributed by atoms with E-state index in [4.69, 9.17) is 0 Å². The number of amides is 2. The van der Waals surface area contributed by atoms with Crippen LogP contribution >= 0.6 is 0 Å². The predicted octanol–water partition coefficient (Wildman–Crippen LogP) is 4.33. The molecule has 0 radical (unpaired) electrons. The standard InChI is InChI=1S/C18H26N2O2/c1-2-17(21)19-15-9-6-10-16(13-15)20-18(22)12-11-14-7-4-3-5-8-14/h6,9-10,13-14H,2-5,7-8,11-12H2,1H3,(H,19,21)(H,20,22). The first kappa shape index (κ1) is 16.5. The zero-order valence-electron chi connectivity index (χ0n) is 13.4. The summed E-state index contributed by atoms with van der Waals surface area (Å²) in [7, 11) is 0. The Hall–Kier alpha value is -1.84. The maximum Gasteiger partial charge on any atom is 0.224 e. The van der Waals surface area contributed by atoms with Crippen molar-refractivity contribution in [2.75, 3.05) is 10.6 Å². The van der Waals surface area contributed by atoms with Gasteiger partial charge >= 0.3 is 0 Å². The highest BCUT2D eigenvalue weighted by atomic mass is 16.2. The number of benzene rings is 1. The van der Waals surface area contributed by atoms with Gasteiger partial charge < -0.3 is 10.6 Å². The molecule has 0 aromatic heterocycles. The predicted molar refractivity (Wildman–Crippen MR) is 89.8 cm³/mol. The Morgan fingerprint density at radius 2 is 1.68 bits per heavy atom. The lowest BCUT2D eigenvalue weighted by Gasteiger charge is -2.21. The van der Waals surface area contributed by atoms with Crippen molar-refractivity contribution in [3.63, 3.8) is 0 Å². The molecule has 0 bridgehead atoms. The van der Waals surface area contributed by atoms with E-state index in [1.54, 1.807) is 6.07 Å². The summed E-state index contributed by atoms with van der Waals surface area (Å²) in [6, 6.07) is 7.31. The second-order valence-electron chi connectivity index (χ2n) is 6.07. The molecule has 4 nitrogen and oxygen atoms in total. The third kappa shape index (κ3) is 5.51. The lowest BCUT2D eigenvalue weighted by atomic mass is 9.86. The highest BCUT2D eigenvalue weighted by molar-refractivity contribution is 5.93. The Morgan fingerprint density at radius 3 is 2.32 bits per heavy atom. The molecule has 1 aromatic carbocycles. The smallest absolute Gasteiger partial charge is 0.224 e. The fourth-order valence-electron chi connectivity index (χ4n) is 2.96. The van der Waals surface area contributed by atoms with Crippen LogP contribution in [0.4, 0.5) is 11.4 Å². The number of nitrogens with one attached hydrogen (secondary N) is 2. The molecule has 0 aliphatic heterocycles. The van der Waals surface area contributed by atoms with Crippen molar-refractivity contribution >= 4 is 23.2 Å². The molecule has 1 saturated carbocycles. The molecule has 2 N–H and O–H groups in total. The second kappa shape index (κ2) is 8.57. The minimum absolute atomic E-state index is 0.0271. The quantitative estimate of drug-likeness (QED) is 0.821. The summed E-state index contributed by atoms with van der Waals surface area (Å²) in [4.78, 5) is 23.4. The Balaban J connectivity index is 1.80. The molecule has 1 fully saturated rings. The second-order valence-corrected chi connectivity index (χ2v) is 6.07. The van der Waals surface area contributed by atoms with Gasteiger partial charge in [0.1, 0.15) is 0 Å². The normalized spacial score (nSPS) is 15.3. The van der Waals surface area contributed by atoms with Gasteiger partial charge in [0.15, 0.2) is 0 Å². The van der Waals surface area contributed by atoms with Gasteiger partial charge in [0.25, 0.3) is 0 Å². The molecular formula is C18H26N2O2. The van der Waals surface area contributed by atoms with Gasteiger partial charge in [-0.25, -0.2) is 0 Å². The van der Waals surface area contributed by atoms with Crippen LogP contribution < -0.4 is 10.6 Å². The first-order valence-corrected chi connectivity index (χ1v) is 8.37. The van der Waals surface area contributed by atoms with Gasteiger partial charge in [-0.3, -0.25) is 9.59 Å². The Labute approximate surface area is 132 Å². The first-order valence-electron chi connectivity index (χ1n) is 8.37. The number of carbonyl (C=O) groups excluding carboxylic acids is 2. The molecule has 1 aliphatic rings. The topological polar surface area (TPSA) is 58.2 Å². The summed E-state index contributed by atoms with van der Waals surface area (Å²) >= 11 is 0. The third-order valence-electron chi connectivity index (χ3n) is 4.26. The number of rotatable bonds is 6. The van der Waals surface area contributed by atoms with Crippen LogP contribution in [-0.4, -0.2) is 11.8 Å². The van der Waals surface area contributed by atoms with Gasteiger partial charge in [0.2, 0.25) is 11.8 Å². The number of hydrogen-bond donors (Lipinski definition) is 2. The van der Waals surface area contributed by atoms with Crippen LogP contribution in [0.3, 0.4) is 0 Å². The lowest BCUT2D eigenvalue weighted by molar-refractivity contribution is -0.117. The fourth-order valence-corrected chi connectivity index (χ4v) is 2.96. The van der Waals surface area contributed by atoms with E-state index in [1.165, 1.54) is 32.1 Å². The van der Waals surface area contributed by atoms with E-state index < -0.39 is 0 Å². The molecule has 0 unspecified atom stereocenters. The molecule has 120 valence electrons. The SMILES string of the molecule is CCC(=O)Nc1cccc(NC(=O)CCC2CCCCC2)c1. The lowest BCUT2D eigenvalue weighted by Crippen LogP contribution is -2.15. The molecule has 1 aromatic rings. The summed E-state index contributed by atoms with van der Waals surface area (Å²) < 4.78 is 0. The first-order chi connectivity index (χ1) is 10.7. The van der Waals surface area contributed by atoms with Crippen LogP contribution in [0.15, 0.2) is 24.3 Å². The molecule has 0 heterocycles. The van der Waals surface area contributed by atoms with Gasteiger partial charge in [-0.15, -0.1) is 0 Å². The summed E-state index contributed by atoms with van der Waals surface area (Å²) in [5.41, 5.74) is 1.46. The average Bonchev–Trinajstić information content (AvgIpc) is 2.54. The summed E-state index contributed by atoms with van der Waals surface area (Å²) in [6.45, 7) is 1.81. The van der Waals surface area contributed by atoms with E-state index in [2.05, 4.69) is 10.6 Å². The Morgan fingerprint density at radius 1 is 1.05 bits per heavy atom. The van der Waals surface area contributed by atoms with Gasteiger partial charge in [0, 0.05) is 24.2 Å². The van der Waals surface area contributed by atoms with Crippen molar-refractivity contribution in [2.45, 2.75) is 58.3 Å². The minimum Gasteiger partial charge on any atom is -0.326 e. The molecule has 1 aliphatic carbocycles. The van der Waals surface area contributed by atoms with E-state index in [9.17, 15) is 9.59 Å². The van der Waals surface area contributed by atoms with Crippen LogP contribution in [-0.2, 0) is 9.59 Å². The minimum atomic E-state index is -0.0271. The van der Waals surface area contributed by atoms with Crippen molar-refractivity contribution < 1.29 is 9.59 Å². The van der Waals surface area contributed by atoms with Crippen LogP contribution in [0.25, 0.3) is 0 Å². The van der Waals surface area contributed by atoms with E-state index in [-0.39, 0.29) is 11.8 Å². The van der Waals surface area contributed by atoms with Gasteiger partial charge in [0.05, 0.1) is 0 Å². The summed E-state index contributed by atoms with van der Waals surface area (Å²) in [5, 5.41) is 5.72.